The minimum absolute atomic E-state index is 0.109. The van der Waals surface area contributed by atoms with E-state index in [0.29, 0.717) is 28.5 Å². The zero-order valence-electron chi connectivity index (χ0n) is 18.7. The maximum atomic E-state index is 12.8. The van der Waals surface area contributed by atoms with Crippen LogP contribution in [0.4, 0.5) is 11.4 Å². The van der Waals surface area contributed by atoms with E-state index in [0.717, 1.165) is 30.0 Å². The van der Waals surface area contributed by atoms with Gasteiger partial charge >= 0.3 is 0 Å². The van der Waals surface area contributed by atoms with E-state index < -0.39 is 0 Å². The first-order valence-electron chi connectivity index (χ1n) is 10.7. The van der Waals surface area contributed by atoms with Crippen LogP contribution < -0.4 is 19.7 Å². The first-order valence-corrected chi connectivity index (χ1v) is 11.7. The Hall–Kier alpha value is -3.45. The number of ether oxygens (including phenoxy) is 2. The van der Waals surface area contributed by atoms with Crippen LogP contribution in [0.5, 0.6) is 11.5 Å². The van der Waals surface area contributed by atoms with E-state index in [2.05, 4.69) is 11.4 Å². The average Bonchev–Trinajstić information content (AvgIpc) is 2.87. The van der Waals surface area contributed by atoms with Crippen LogP contribution in [0.2, 0.25) is 0 Å². The number of para-hydroxylation sites is 1. The summed E-state index contributed by atoms with van der Waals surface area (Å²) in [6.07, 6.45) is 2.01. The van der Waals surface area contributed by atoms with Gasteiger partial charge in [0.15, 0.2) is 11.5 Å². The largest absolute Gasteiger partial charge is 0.493 e. The van der Waals surface area contributed by atoms with Gasteiger partial charge in [0.2, 0.25) is 5.91 Å². The van der Waals surface area contributed by atoms with E-state index in [4.69, 9.17) is 9.47 Å². The molecule has 1 aliphatic rings. The van der Waals surface area contributed by atoms with Crippen molar-refractivity contribution >= 4 is 35.0 Å². The Morgan fingerprint density at radius 2 is 1.73 bits per heavy atom. The van der Waals surface area contributed by atoms with Crippen LogP contribution >= 0.6 is 11.8 Å². The molecule has 170 valence electrons. The maximum absolute atomic E-state index is 12.8. The predicted molar refractivity (Wildman–Crippen MR) is 132 cm³/mol. The summed E-state index contributed by atoms with van der Waals surface area (Å²) in [5.41, 5.74) is 3.41. The van der Waals surface area contributed by atoms with Gasteiger partial charge in [0.05, 0.1) is 20.0 Å². The molecule has 6 nitrogen and oxygen atoms in total. The smallest absolute Gasteiger partial charge is 0.255 e. The highest BCUT2D eigenvalue weighted by molar-refractivity contribution is 8.00. The summed E-state index contributed by atoms with van der Waals surface area (Å²) < 4.78 is 10.5. The molecule has 0 saturated heterocycles. The standard InChI is InChI=1S/C26H26N2O4S/c1-31-23-14-9-19(16-24(23)32-2)26(30)27-20-10-12-21(13-11-20)33-17-25(29)28-15-5-7-18-6-3-4-8-22(18)28/h3-4,6,8-14,16H,5,7,15,17H2,1-2H3,(H,27,30). The molecule has 33 heavy (non-hydrogen) atoms. The molecule has 4 rings (SSSR count). The van der Waals surface area contributed by atoms with Gasteiger partial charge in [-0.3, -0.25) is 9.59 Å². The number of methoxy groups -OCH3 is 2. The fraction of sp³-hybridized carbons (Fsp3) is 0.231. The van der Waals surface area contributed by atoms with E-state index in [-0.39, 0.29) is 11.8 Å². The fourth-order valence-electron chi connectivity index (χ4n) is 3.83. The Morgan fingerprint density at radius 1 is 0.970 bits per heavy atom. The number of anilines is 2. The molecule has 0 saturated carbocycles. The molecule has 0 atom stereocenters. The summed E-state index contributed by atoms with van der Waals surface area (Å²) in [5.74, 6) is 1.30. The second-order valence-corrected chi connectivity index (χ2v) is 8.66. The molecular formula is C26H26N2O4S. The van der Waals surface area contributed by atoms with Gasteiger partial charge in [-0.05, 0) is 66.9 Å². The van der Waals surface area contributed by atoms with Crippen molar-refractivity contribution in [3.05, 3.63) is 77.9 Å². The van der Waals surface area contributed by atoms with Crippen LogP contribution in [-0.2, 0) is 11.2 Å². The first-order chi connectivity index (χ1) is 16.1. The fourth-order valence-corrected chi connectivity index (χ4v) is 4.61. The molecule has 3 aromatic carbocycles. The lowest BCUT2D eigenvalue weighted by Crippen LogP contribution is -2.36. The number of hydrogen-bond acceptors (Lipinski definition) is 5. The molecule has 0 aromatic heterocycles. The average molecular weight is 463 g/mol. The number of fused-ring (bicyclic) bond motifs is 1. The highest BCUT2D eigenvalue weighted by Gasteiger charge is 2.22. The van der Waals surface area contributed by atoms with Gasteiger partial charge in [0.1, 0.15) is 0 Å². The molecule has 0 bridgehead atoms. The summed E-state index contributed by atoms with van der Waals surface area (Å²) in [5, 5.41) is 2.88. The number of thioether (sulfide) groups is 1. The summed E-state index contributed by atoms with van der Waals surface area (Å²) in [7, 11) is 3.08. The lowest BCUT2D eigenvalue weighted by molar-refractivity contribution is -0.116. The zero-order valence-corrected chi connectivity index (χ0v) is 19.5. The number of aryl methyl sites for hydroxylation is 1. The van der Waals surface area contributed by atoms with Crippen molar-refractivity contribution in [1.29, 1.82) is 0 Å². The van der Waals surface area contributed by atoms with E-state index in [1.807, 2.05) is 47.4 Å². The van der Waals surface area contributed by atoms with Crippen LogP contribution in [-0.4, -0.2) is 38.3 Å². The second kappa shape index (κ2) is 10.4. The summed E-state index contributed by atoms with van der Waals surface area (Å²) >= 11 is 1.50. The molecule has 0 spiro atoms. The Balaban J connectivity index is 1.34. The van der Waals surface area contributed by atoms with E-state index in [1.54, 1.807) is 25.3 Å². The Kier molecular flexibility index (Phi) is 7.19. The van der Waals surface area contributed by atoms with Crippen LogP contribution in [0.15, 0.2) is 71.6 Å². The zero-order chi connectivity index (χ0) is 23.2. The Morgan fingerprint density at radius 3 is 2.48 bits per heavy atom. The molecule has 1 aliphatic heterocycles. The number of nitrogens with zero attached hydrogens (tertiary/aromatic N) is 1. The minimum atomic E-state index is -0.240. The number of benzene rings is 3. The number of carbonyl (C=O) groups excluding carboxylic acids is 2. The van der Waals surface area contributed by atoms with Gasteiger partial charge in [-0.15, -0.1) is 11.8 Å². The molecule has 7 heteroatoms. The SMILES string of the molecule is COc1ccc(C(=O)Nc2ccc(SCC(=O)N3CCCc4ccccc43)cc2)cc1OC. The van der Waals surface area contributed by atoms with Gasteiger partial charge in [-0.25, -0.2) is 0 Å². The van der Waals surface area contributed by atoms with Crippen LogP contribution in [0, 0.1) is 0 Å². The number of amides is 2. The number of hydrogen-bond donors (Lipinski definition) is 1. The third kappa shape index (κ3) is 5.31. The van der Waals surface area contributed by atoms with Crippen LogP contribution in [0.3, 0.4) is 0 Å². The number of rotatable bonds is 7. The molecule has 1 N–H and O–H groups in total. The van der Waals surface area contributed by atoms with Gasteiger partial charge in [0.25, 0.3) is 5.91 Å². The van der Waals surface area contributed by atoms with Crippen molar-refractivity contribution in [3.8, 4) is 11.5 Å². The molecule has 3 aromatic rings. The highest BCUT2D eigenvalue weighted by Crippen LogP contribution is 2.30. The van der Waals surface area contributed by atoms with E-state index in [1.165, 1.54) is 24.4 Å². The van der Waals surface area contributed by atoms with E-state index >= 15 is 0 Å². The predicted octanol–water partition coefficient (Wildman–Crippen LogP) is 5.03. The first kappa shape index (κ1) is 22.7. The third-order valence-electron chi connectivity index (χ3n) is 5.53. The van der Waals surface area contributed by atoms with Crippen molar-refractivity contribution in [2.75, 3.05) is 36.7 Å². The quantitative estimate of drug-likeness (QED) is 0.499. The molecule has 0 aliphatic carbocycles. The second-order valence-electron chi connectivity index (χ2n) is 7.61. The van der Waals surface area contributed by atoms with Gasteiger partial charge < -0.3 is 19.7 Å². The molecule has 0 radical (unpaired) electrons. The Labute approximate surface area is 197 Å². The molecule has 0 fully saturated rings. The van der Waals surface area contributed by atoms with Crippen molar-refractivity contribution < 1.29 is 19.1 Å². The summed E-state index contributed by atoms with van der Waals surface area (Å²) in [6.45, 7) is 0.761. The third-order valence-corrected chi connectivity index (χ3v) is 6.53. The molecular weight excluding hydrogens is 436 g/mol. The molecule has 1 heterocycles. The van der Waals surface area contributed by atoms with Gasteiger partial charge in [-0.1, -0.05) is 18.2 Å². The highest BCUT2D eigenvalue weighted by atomic mass is 32.2. The maximum Gasteiger partial charge on any atom is 0.255 e. The molecule has 0 unspecified atom stereocenters. The van der Waals surface area contributed by atoms with Crippen molar-refractivity contribution in [2.24, 2.45) is 0 Å². The number of nitrogens with one attached hydrogen (secondary N) is 1. The lowest BCUT2D eigenvalue weighted by atomic mass is 10.0. The van der Waals surface area contributed by atoms with Crippen molar-refractivity contribution in [2.45, 2.75) is 17.7 Å². The molecule has 2 amide bonds. The van der Waals surface area contributed by atoms with Crippen molar-refractivity contribution in [3.63, 3.8) is 0 Å². The van der Waals surface area contributed by atoms with Gasteiger partial charge in [0, 0.05) is 28.4 Å². The summed E-state index contributed by atoms with van der Waals surface area (Å²) in [6, 6.07) is 20.6. The van der Waals surface area contributed by atoms with Crippen molar-refractivity contribution in [1.82, 2.24) is 0 Å². The Bertz CT molecular complexity index is 1150. The normalized spacial score (nSPS) is 12.6. The minimum Gasteiger partial charge on any atom is -0.493 e. The summed E-state index contributed by atoms with van der Waals surface area (Å²) in [4.78, 5) is 28.3. The monoisotopic (exact) mass is 462 g/mol. The van der Waals surface area contributed by atoms with Crippen LogP contribution in [0.25, 0.3) is 0 Å². The van der Waals surface area contributed by atoms with E-state index in [9.17, 15) is 9.59 Å². The topological polar surface area (TPSA) is 67.9 Å². The van der Waals surface area contributed by atoms with Gasteiger partial charge in [-0.2, -0.15) is 0 Å². The van der Waals surface area contributed by atoms with Crippen LogP contribution in [0.1, 0.15) is 22.3 Å². The lowest BCUT2D eigenvalue weighted by Gasteiger charge is -2.29. The number of carbonyl (C=O) groups is 2.